The van der Waals surface area contributed by atoms with Crippen LogP contribution in [0, 0.1) is 0 Å². The molecule has 19 heavy (non-hydrogen) atoms. The molecular formula is C12H22Cl2N4O. The summed E-state index contributed by atoms with van der Waals surface area (Å²) < 4.78 is 1.78. The molecule has 0 saturated carbocycles. The summed E-state index contributed by atoms with van der Waals surface area (Å²) in [5, 5.41) is 10.5. The highest BCUT2D eigenvalue weighted by molar-refractivity contribution is 5.85. The molecule has 7 heteroatoms. The molecule has 2 N–H and O–H groups in total. The third-order valence-electron chi connectivity index (χ3n) is 3.24. The Bertz CT molecular complexity index is 359. The Balaban J connectivity index is 0.00000162. The highest BCUT2D eigenvalue weighted by atomic mass is 35.5. The van der Waals surface area contributed by atoms with Crippen LogP contribution in [-0.2, 0) is 11.3 Å². The number of aromatic nitrogens is 2. The van der Waals surface area contributed by atoms with Crippen LogP contribution >= 0.6 is 24.8 Å². The molecule has 0 aliphatic carbocycles. The molecule has 1 saturated heterocycles. The zero-order chi connectivity index (χ0) is 12.1. The van der Waals surface area contributed by atoms with Crippen LogP contribution in [0.2, 0.25) is 0 Å². The van der Waals surface area contributed by atoms with Crippen molar-refractivity contribution in [1.29, 1.82) is 0 Å². The smallest absolute Gasteiger partial charge is 0.222 e. The van der Waals surface area contributed by atoms with Gasteiger partial charge < -0.3 is 10.6 Å². The van der Waals surface area contributed by atoms with Crippen LogP contribution in [0.3, 0.4) is 0 Å². The minimum Gasteiger partial charge on any atom is -0.352 e. The van der Waals surface area contributed by atoms with Gasteiger partial charge in [0.25, 0.3) is 0 Å². The number of carbonyl (C=O) groups is 1. The lowest BCUT2D eigenvalue weighted by Crippen LogP contribution is -2.52. The number of amides is 1. The number of aryl methyl sites for hydroxylation is 1. The molecule has 2 heterocycles. The minimum atomic E-state index is 0. The zero-order valence-corrected chi connectivity index (χ0v) is 12.7. The number of hydrogen-bond acceptors (Lipinski definition) is 3. The fourth-order valence-electron chi connectivity index (χ4n) is 2.17. The number of hydrogen-bond donors (Lipinski definition) is 2. The van der Waals surface area contributed by atoms with Crippen molar-refractivity contribution in [2.45, 2.75) is 44.8 Å². The average molecular weight is 309 g/mol. The highest BCUT2D eigenvalue weighted by Gasteiger charge is 2.21. The van der Waals surface area contributed by atoms with Gasteiger partial charge in [0.1, 0.15) is 0 Å². The Hall–Kier alpha value is -0.780. The van der Waals surface area contributed by atoms with Crippen LogP contribution < -0.4 is 10.6 Å². The molecule has 2 atom stereocenters. The predicted molar refractivity (Wildman–Crippen MR) is 80.0 cm³/mol. The normalized spacial score (nSPS) is 21.9. The Morgan fingerprint density at radius 2 is 2.32 bits per heavy atom. The summed E-state index contributed by atoms with van der Waals surface area (Å²) in [6.45, 7) is 3.83. The molecule has 2 unspecified atom stereocenters. The summed E-state index contributed by atoms with van der Waals surface area (Å²) in [5.74, 6) is 0.112. The van der Waals surface area contributed by atoms with Gasteiger partial charge in [0.2, 0.25) is 5.91 Å². The zero-order valence-electron chi connectivity index (χ0n) is 11.0. The molecule has 1 fully saturated rings. The van der Waals surface area contributed by atoms with Crippen molar-refractivity contribution in [2.24, 2.45) is 0 Å². The van der Waals surface area contributed by atoms with Crippen molar-refractivity contribution in [3.8, 4) is 0 Å². The van der Waals surface area contributed by atoms with E-state index in [2.05, 4.69) is 22.7 Å². The summed E-state index contributed by atoms with van der Waals surface area (Å²) in [6.07, 6.45) is 6.30. The van der Waals surface area contributed by atoms with Gasteiger partial charge in [0.15, 0.2) is 0 Å². The third kappa shape index (κ3) is 5.80. The molecule has 1 aromatic rings. The molecule has 0 aromatic carbocycles. The number of carbonyl (C=O) groups excluding carboxylic acids is 1. The van der Waals surface area contributed by atoms with E-state index in [0.717, 1.165) is 19.4 Å². The molecule has 1 aromatic heterocycles. The molecular weight excluding hydrogens is 287 g/mol. The quantitative estimate of drug-likeness (QED) is 0.883. The summed E-state index contributed by atoms with van der Waals surface area (Å²) in [6, 6.07) is 2.51. The van der Waals surface area contributed by atoms with E-state index in [1.165, 1.54) is 0 Å². The first-order valence-electron chi connectivity index (χ1n) is 6.26. The van der Waals surface area contributed by atoms with Gasteiger partial charge in [0, 0.05) is 37.4 Å². The fourth-order valence-corrected chi connectivity index (χ4v) is 2.17. The summed E-state index contributed by atoms with van der Waals surface area (Å²) in [4.78, 5) is 11.8. The summed E-state index contributed by atoms with van der Waals surface area (Å²) >= 11 is 0. The van der Waals surface area contributed by atoms with Crippen molar-refractivity contribution < 1.29 is 4.79 Å². The lowest BCUT2D eigenvalue weighted by atomic mass is 10.00. The van der Waals surface area contributed by atoms with Gasteiger partial charge >= 0.3 is 0 Å². The van der Waals surface area contributed by atoms with E-state index in [1.54, 1.807) is 10.9 Å². The van der Waals surface area contributed by atoms with E-state index in [0.29, 0.717) is 19.0 Å². The Morgan fingerprint density at radius 1 is 1.53 bits per heavy atom. The molecule has 2 rings (SSSR count). The van der Waals surface area contributed by atoms with E-state index in [4.69, 9.17) is 0 Å². The molecule has 1 amide bonds. The maximum Gasteiger partial charge on any atom is 0.222 e. The Kier molecular flexibility index (Phi) is 8.80. The first-order valence-corrected chi connectivity index (χ1v) is 6.26. The molecule has 1 aliphatic heterocycles. The number of nitrogens with zero attached hydrogens (tertiary/aromatic N) is 2. The van der Waals surface area contributed by atoms with Crippen molar-refractivity contribution in [1.82, 2.24) is 20.4 Å². The van der Waals surface area contributed by atoms with Crippen LogP contribution in [0.15, 0.2) is 18.5 Å². The lowest BCUT2D eigenvalue weighted by molar-refractivity contribution is -0.122. The molecule has 110 valence electrons. The molecule has 0 bridgehead atoms. The van der Waals surface area contributed by atoms with Crippen molar-refractivity contribution in [3.05, 3.63) is 18.5 Å². The predicted octanol–water partition coefficient (Wildman–Crippen LogP) is 1.37. The van der Waals surface area contributed by atoms with E-state index in [9.17, 15) is 4.79 Å². The Labute approximate surface area is 126 Å². The van der Waals surface area contributed by atoms with Gasteiger partial charge in [-0.05, 0) is 32.4 Å². The van der Waals surface area contributed by atoms with E-state index < -0.39 is 0 Å². The van der Waals surface area contributed by atoms with Crippen molar-refractivity contribution in [2.75, 3.05) is 6.54 Å². The number of rotatable bonds is 4. The first-order chi connectivity index (χ1) is 8.25. The second-order valence-electron chi connectivity index (χ2n) is 4.58. The van der Waals surface area contributed by atoms with Crippen LogP contribution in [0.5, 0.6) is 0 Å². The maximum absolute atomic E-state index is 11.8. The van der Waals surface area contributed by atoms with E-state index in [1.807, 2.05) is 12.3 Å². The largest absolute Gasteiger partial charge is 0.352 e. The minimum absolute atomic E-state index is 0. The van der Waals surface area contributed by atoms with Gasteiger partial charge in [-0.3, -0.25) is 9.48 Å². The lowest BCUT2D eigenvalue weighted by Gasteiger charge is -2.30. The van der Waals surface area contributed by atoms with E-state index in [-0.39, 0.29) is 36.8 Å². The SMILES string of the molecule is CC1NCCCC1NC(=O)CCn1cccn1.Cl.Cl. The first kappa shape index (κ1) is 18.2. The van der Waals surface area contributed by atoms with Crippen LogP contribution in [-0.4, -0.2) is 34.3 Å². The second kappa shape index (κ2) is 9.18. The van der Waals surface area contributed by atoms with Crippen LogP contribution in [0.4, 0.5) is 0 Å². The van der Waals surface area contributed by atoms with Gasteiger partial charge in [-0.2, -0.15) is 5.10 Å². The summed E-state index contributed by atoms with van der Waals surface area (Å²) in [5.41, 5.74) is 0. The Morgan fingerprint density at radius 3 is 2.95 bits per heavy atom. The fraction of sp³-hybridized carbons (Fsp3) is 0.667. The standard InChI is InChI=1S/C12H20N4O.2ClH/c1-10-11(4-2-6-13-10)15-12(17)5-9-16-8-3-7-14-16;;/h3,7-8,10-11,13H,2,4-6,9H2,1H3,(H,15,17);2*1H. The topological polar surface area (TPSA) is 58.9 Å². The highest BCUT2D eigenvalue weighted by Crippen LogP contribution is 2.08. The average Bonchev–Trinajstić information content (AvgIpc) is 2.82. The monoisotopic (exact) mass is 308 g/mol. The number of piperidine rings is 1. The van der Waals surface area contributed by atoms with Crippen molar-refractivity contribution in [3.63, 3.8) is 0 Å². The molecule has 1 aliphatic rings. The van der Waals surface area contributed by atoms with Crippen molar-refractivity contribution >= 4 is 30.7 Å². The summed E-state index contributed by atoms with van der Waals surface area (Å²) in [7, 11) is 0. The number of halogens is 2. The molecule has 5 nitrogen and oxygen atoms in total. The van der Waals surface area contributed by atoms with Gasteiger partial charge in [-0.15, -0.1) is 24.8 Å². The van der Waals surface area contributed by atoms with Crippen LogP contribution in [0.1, 0.15) is 26.2 Å². The second-order valence-corrected chi connectivity index (χ2v) is 4.58. The number of nitrogens with one attached hydrogen (secondary N) is 2. The maximum atomic E-state index is 11.8. The van der Waals surface area contributed by atoms with Gasteiger partial charge in [0.05, 0.1) is 0 Å². The van der Waals surface area contributed by atoms with Gasteiger partial charge in [-0.1, -0.05) is 0 Å². The van der Waals surface area contributed by atoms with Gasteiger partial charge in [-0.25, -0.2) is 0 Å². The molecule has 0 radical (unpaired) electrons. The molecule has 0 spiro atoms. The third-order valence-corrected chi connectivity index (χ3v) is 3.24. The van der Waals surface area contributed by atoms with Crippen LogP contribution in [0.25, 0.3) is 0 Å². The van der Waals surface area contributed by atoms with E-state index >= 15 is 0 Å².